The third-order valence-electron chi connectivity index (χ3n) is 2.71. The Morgan fingerprint density at radius 3 is 2.67 bits per heavy atom. The first-order valence-electron chi connectivity index (χ1n) is 5.89. The van der Waals surface area contributed by atoms with Crippen LogP contribution in [-0.2, 0) is 27.0 Å². The van der Waals surface area contributed by atoms with E-state index in [4.69, 9.17) is 0 Å². The lowest BCUT2D eigenvalue weighted by atomic mass is 10.4. The number of alkyl halides is 3. The van der Waals surface area contributed by atoms with Gasteiger partial charge in [0.1, 0.15) is 13.1 Å². The van der Waals surface area contributed by atoms with Crippen molar-refractivity contribution in [3.8, 4) is 0 Å². The number of hydrogen-bond donors (Lipinski definition) is 0. The van der Waals surface area contributed by atoms with Gasteiger partial charge in [0.2, 0.25) is 11.9 Å². The molecule has 0 saturated heterocycles. The van der Waals surface area contributed by atoms with E-state index in [-0.39, 0.29) is 6.61 Å². The fourth-order valence-corrected chi connectivity index (χ4v) is 1.82. The Morgan fingerprint density at radius 1 is 1.43 bits per heavy atom. The van der Waals surface area contributed by atoms with E-state index < -0.39 is 48.3 Å². The Kier molecular flexibility index (Phi) is 3.71. The summed E-state index contributed by atoms with van der Waals surface area (Å²) in [4.78, 5) is 38.7. The van der Waals surface area contributed by atoms with Crippen molar-refractivity contribution in [3.05, 3.63) is 22.1 Å². The van der Waals surface area contributed by atoms with E-state index >= 15 is 0 Å². The predicted molar refractivity (Wildman–Crippen MR) is 62.5 cm³/mol. The number of ether oxygens (including phenoxy) is 1. The van der Waals surface area contributed by atoms with Crippen molar-refractivity contribution >= 4 is 17.8 Å². The van der Waals surface area contributed by atoms with E-state index in [1.807, 2.05) is 0 Å². The summed E-state index contributed by atoms with van der Waals surface area (Å²) in [6, 6.07) is 0.310. The zero-order valence-corrected chi connectivity index (χ0v) is 10.8. The van der Waals surface area contributed by atoms with Gasteiger partial charge < -0.3 is 4.74 Å². The van der Waals surface area contributed by atoms with Crippen molar-refractivity contribution < 1.29 is 27.5 Å². The Balaban J connectivity index is 2.42. The van der Waals surface area contributed by atoms with E-state index in [0.29, 0.717) is 11.0 Å². The molecule has 1 aliphatic rings. The molecule has 1 aromatic heterocycles. The first-order chi connectivity index (χ1) is 9.74. The van der Waals surface area contributed by atoms with Gasteiger partial charge in [0, 0.05) is 6.07 Å². The van der Waals surface area contributed by atoms with Crippen LogP contribution in [0.4, 0.5) is 19.1 Å². The number of rotatable bonds is 3. The molecule has 0 N–H and O–H groups in total. The molecule has 0 radical (unpaired) electrons. The number of anilines is 1. The molecule has 0 aromatic carbocycles. The lowest BCUT2D eigenvalue weighted by Gasteiger charge is -2.15. The van der Waals surface area contributed by atoms with E-state index in [0.717, 1.165) is 4.57 Å². The molecule has 0 bridgehead atoms. The van der Waals surface area contributed by atoms with Crippen molar-refractivity contribution in [3.63, 3.8) is 0 Å². The van der Waals surface area contributed by atoms with Crippen molar-refractivity contribution in [1.29, 1.82) is 0 Å². The van der Waals surface area contributed by atoms with Crippen LogP contribution in [0.1, 0.15) is 12.6 Å². The standard InChI is InChI=1S/C11H10F3N3O4/c1-2-21-9(20)5-17-8(19)4-16-7(18)3-6(11(12,13)14)15-10(16)17/h3H,2,4-5H2,1H3. The summed E-state index contributed by atoms with van der Waals surface area (Å²) in [6.45, 7) is 0.547. The molecular weight excluding hydrogens is 295 g/mol. The average Bonchev–Trinajstić information content (AvgIpc) is 2.67. The van der Waals surface area contributed by atoms with E-state index in [1.165, 1.54) is 0 Å². The summed E-state index contributed by atoms with van der Waals surface area (Å²) in [5.41, 5.74) is -2.42. The van der Waals surface area contributed by atoms with E-state index in [1.54, 1.807) is 6.92 Å². The topological polar surface area (TPSA) is 81.5 Å². The highest BCUT2D eigenvalue weighted by Crippen LogP contribution is 2.29. The third kappa shape index (κ3) is 2.88. The second-order valence-corrected chi connectivity index (χ2v) is 4.15. The molecule has 10 heteroatoms. The van der Waals surface area contributed by atoms with E-state index in [2.05, 4.69) is 9.72 Å². The Hall–Kier alpha value is -2.39. The van der Waals surface area contributed by atoms with Crippen LogP contribution in [0, 0.1) is 0 Å². The van der Waals surface area contributed by atoms with Crippen molar-refractivity contribution in [1.82, 2.24) is 9.55 Å². The number of halogens is 3. The smallest absolute Gasteiger partial charge is 0.433 e. The first-order valence-corrected chi connectivity index (χ1v) is 5.89. The van der Waals surface area contributed by atoms with Crippen molar-refractivity contribution in [2.24, 2.45) is 0 Å². The molecule has 2 heterocycles. The summed E-state index contributed by atoms with van der Waals surface area (Å²) < 4.78 is 43.3. The van der Waals surface area contributed by atoms with Crippen LogP contribution in [0.25, 0.3) is 0 Å². The summed E-state index contributed by atoms with van der Waals surface area (Å²) in [7, 11) is 0. The van der Waals surface area contributed by atoms with Crippen LogP contribution in [0.5, 0.6) is 0 Å². The molecule has 0 saturated carbocycles. The highest BCUT2D eigenvalue weighted by Gasteiger charge is 2.38. The summed E-state index contributed by atoms with van der Waals surface area (Å²) in [5.74, 6) is -2.01. The zero-order chi connectivity index (χ0) is 15.8. The molecule has 1 aromatic rings. The molecule has 21 heavy (non-hydrogen) atoms. The largest absolute Gasteiger partial charge is 0.465 e. The van der Waals surface area contributed by atoms with Gasteiger partial charge in [-0.05, 0) is 6.92 Å². The lowest BCUT2D eigenvalue weighted by Crippen LogP contribution is -2.34. The molecule has 0 spiro atoms. The van der Waals surface area contributed by atoms with Crippen LogP contribution in [-0.4, -0.2) is 34.6 Å². The average molecular weight is 305 g/mol. The number of hydrogen-bond acceptors (Lipinski definition) is 5. The van der Waals surface area contributed by atoms with Crippen molar-refractivity contribution in [2.45, 2.75) is 19.6 Å². The van der Waals surface area contributed by atoms with Crippen LogP contribution in [0.3, 0.4) is 0 Å². The predicted octanol–water partition coefficient (Wildman–Crippen LogP) is 0.172. The summed E-state index contributed by atoms with van der Waals surface area (Å²) >= 11 is 0. The van der Waals surface area contributed by atoms with Gasteiger partial charge in [0.15, 0.2) is 5.69 Å². The fourth-order valence-electron chi connectivity index (χ4n) is 1.82. The molecular formula is C11H10F3N3O4. The number of nitrogens with zero attached hydrogens (tertiary/aromatic N) is 3. The number of amides is 1. The molecule has 2 rings (SSSR count). The number of fused-ring (bicyclic) bond motifs is 1. The minimum absolute atomic E-state index is 0.0592. The molecule has 0 fully saturated rings. The molecule has 114 valence electrons. The number of esters is 1. The molecule has 0 unspecified atom stereocenters. The molecule has 1 amide bonds. The van der Waals surface area contributed by atoms with Crippen molar-refractivity contribution in [2.75, 3.05) is 18.1 Å². The maximum atomic E-state index is 12.6. The molecule has 0 aliphatic carbocycles. The van der Waals surface area contributed by atoms with Gasteiger partial charge in [0.05, 0.1) is 6.61 Å². The fraction of sp³-hybridized carbons (Fsp3) is 0.455. The molecule has 0 atom stereocenters. The summed E-state index contributed by atoms with van der Waals surface area (Å²) in [5, 5.41) is 0. The first kappa shape index (κ1) is 15.0. The van der Waals surface area contributed by atoms with Gasteiger partial charge in [0.25, 0.3) is 5.56 Å². The summed E-state index contributed by atoms with van der Waals surface area (Å²) in [6.07, 6.45) is -4.82. The lowest BCUT2D eigenvalue weighted by molar-refractivity contribution is -0.142. The van der Waals surface area contributed by atoms with Gasteiger partial charge in [-0.2, -0.15) is 13.2 Å². The Morgan fingerprint density at radius 2 is 2.10 bits per heavy atom. The minimum Gasteiger partial charge on any atom is -0.465 e. The number of carbonyl (C=O) groups is 2. The maximum Gasteiger partial charge on any atom is 0.433 e. The Labute approximate surface area is 115 Å². The van der Waals surface area contributed by atoms with Gasteiger partial charge in [-0.25, -0.2) is 4.98 Å². The van der Waals surface area contributed by atoms with Crippen LogP contribution < -0.4 is 10.5 Å². The number of aromatic nitrogens is 2. The van der Waals surface area contributed by atoms with Gasteiger partial charge in [-0.15, -0.1) is 0 Å². The third-order valence-corrected chi connectivity index (χ3v) is 2.71. The van der Waals surface area contributed by atoms with Crippen LogP contribution >= 0.6 is 0 Å². The maximum absolute atomic E-state index is 12.6. The van der Waals surface area contributed by atoms with Gasteiger partial charge >= 0.3 is 12.1 Å². The quantitative estimate of drug-likeness (QED) is 0.744. The number of carbonyl (C=O) groups excluding carboxylic acids is 2. The van der Waals surface area contributed by atoms with Gasteiger partial charge in [-0.3, -0.25) is 23.9 Å². The SMILES string of the molecule is CCOC(=O)CN1C(=O)Cn2c1nc(C(F)(F)F)cc2=O. The molecule has 7 nitrogen and oxygen atoms in total. The van der Waals surface area contributed by atoms with Crippen LogP contribution in [0.2, 0.25) is 0 Å². The van der Waals surface area contributed by atoms with E-state index in [9.17, 15) is 27.6 Å². The highest BCUT2D eigenvalue weighted by molar-refractivity contribution is 5.98. The monoisotopic (exact) mass is 305 g/mol. The second kappa shape index (κ2) is 5.19. The normalized spacial score (nSPS) is 14.3. The highest BCUT2D eigenvalue weighted by atomic mass is 19.4. The zero-order valence-electron chi connectivity index (χ0n) is 10.8. The Bertz CT molecular complexity index is 653. The van der Waals surface area contributed by atoms with Crippen LogP contribution in [0.15, 0.2) is 10.9 Å². The minimum atomic E-state index is -4.82. The molecule has 1 aliphatic heterocycles. The second-order valence-electron chi connectivity index (χ2n) is 4.15. The van der Waals surface area contributed by atoms with Gasteiger partial charge in [-0.1, -0.05) is 0 Å².